The van der Waals surface area contributed by atoms with Gasteiger partial charge in [0.15, 0.2) is 5.69 Å². The summed E-state index contributed by atoms with van der Waals surface area (Å²) in [6.45, 7) is 1.88. The normalized spacial score (nSPS) is 10.2. The van der Waals surface area contributed by atoms with E-state index in [-0.39, 0.29) is 11.5 Å². The molecule has 1 heterocycles. The summed E-state index contributed by atoms with van der Waals surface area (Å²) in [6, 6.07) is 8.32. The lowest BCUT2D eigenvalue weighted by Crippen LogP contribution is -2.13. The molecule has 0 radical (unpaired) electrons. The zero-order valence-corrected chi connectivity index (χ0v) is 12.1. The molecule has 0 aliphatic heterocycles. The number of aryl methyl sites for hydroxylation is 1. The van der Waals surface area contributed by atoms with Crippen LogP contribution in [0.2, 0.25) is 0 Å². The molecule has 0 fully saturated rings. The summed E-state index contributed by atoms with van der Waals surface area (Å²) in [4.78, 5) is 24.4. The highest BCUT2D eigenvalue weighted by molar-refractivity contribution is 14.1. The van der Waals surface area contributed by atoms with E-state index in [2.05, 4.69) is 32.9 Å². The van der Waals surface area contributed by atoms with Gasteiger partial charge in [-0.2, -0.15) is 0 Å². The van der Waals surface area contributed by atoms with Gasteiger partial charge in [-0.15, -0.1) is 0 Å². The summed E-state index contributed by atoms with van der Waals surface area (Å²) in [5, 5.41) is 13.3. The van der Waals surface area contributed by atoms with E-state index in [1.807, 2.05) is 25.1 Å². The largest absolute Gasteiger partial charge is 0.358 e. The second-order valence-corrected chi connectivity index (χ2v) is 5.17. The van der Waals surface area contributed by atoms with Crippen LogP contribution in [0, 0.1) is 20.6 Å². The third-order valence-electron chi connectivity index (χ3n) is 2.56. The van der Waals surface area contributed by atoms with Crippen LogP contribution in [0.1, 0.15) is 16.1 Å². The number of rotatable bonds is 3. The lowest BCUT2D eigenvalue weighted by molar-refractivity contribution is -0.389. The SMILES string of the molecule is Cc1ccc(I)cc1NC(=O)c1ccc([N+](=O)[O-])[nH]1. The molecule has 1 aromatic carbocycles. The minimum absolute atomic E-state index is 0.157. The van der Waals surface area contributed by atoms with Crippen LogP contribution in [-0.4, -0.2) is 15.8 Å². The Hall–Kier alpha value is -1.90. The highest BCUT2D eigenvalue weighted by Crippen LogP contribution is 2.19. The summed E-state index contributed by atoms with van der Waals surface area (Å²) in [5.74, 6) is -0.609. The van der Waals surface area contributed by atoms with Gasteiger partial charge in [0, 0.05) is 15.3 Å². The first-order valence-corrected chi connectivity index (χ1v) is 6.46. The van der Waals surface area contributed by atoms with Crippen molar-refractivity contribution in [3.05, 3.63) is 55.3 Å². The first-order chi connectivity index (χ1) is 8.97. The number of carbonyl (C=O) groups is 1. The average Bonchev–Trinajstić information content (AvgIpc) is 2.83. The van der Waals surface area contributed by atoms with Gasteiger partial charge in [-0.1, -0.05) is 6.07 Å². The average molecular weight is 371 g/mol. The van der Waals surface area contributed by atoms with E-state index < -0.39 is 10.8 Å². The summed E-state index contributed by atoms with van der Waals surface area (Å²) >= 11 is 2.15. The quantitative estimate of drug-likeness (QED) is 0.494. The third kappa shape index (κ3) is 3.11. The lowest BCUT2D eigenvalue weighted by Gasteiger charge is -2.06. The first kappa shape index (κ1) is 13.5. The van der Waals surface area contributed by atoms with E-state index in [4.69, 9.17) is 0 Å². The molecule has 0 saturated carbocycles. The molecule has 0 atom stereocenters. The zero-order valence-electron chi connectivity index (χ0n) is 9.94. The van der Waals surface area contributed by atoms with Gasteiger partial charge in [0.05, 0.1) is 0 Å². The Morgan fingerprint density at radius 3 is 2.74 bits per heavy atom. The smallest absolute Gasteiger partial charge is 0.321 e. The van der Waals surface area contributed by atoms with Crippen molar-refractivity contribution in [3.8, 4) is 0 Å². The van der Waals surface area contributed by atoms with Crippen molar-refractivity contribution < 1.29 is 9.72 Å². The van der Waals surface area contributed by atoms with Crippen LogP contribution in [-0.2, 0) is 0 Å². The van der Waals surface area contributed by atoms with E-state index in [0.717, 1.165) is 9.13 Å². The standard InChI is InChI=1S/C12H10IN3O3/c1-7-2-3-8(13)6-10(7)15-12(17)9-4-5-11(14-9)16(18)19/h2-6,14H,1H3,(H,15,17). The van der Waals surface area contributed by atoms with Gasteiger partial charge in [0.2, 0.25) is 0 Å². The van der Waals surface area contributed by atoms with E-state index in [9.17, 15) is 14.9 Å². The molecule has 1 aromatic heterocycles. The number of aromatic amines is 1. The van der Waals surface area contributed by atoms with Gasteiger partial charge in [-0.25, -0.2) is 4.98 Å². The van der Waals surface area contributed by atoms with E-state index in [1.165, 1.54) is 12.1 Å². The summed E-state index contributed by atoms with van der Waals surface area (Å²) in [6.07, 6.45) is 0. The number of nitrogens with one attached hydrogen (secondary N) is 2. The summed E-state index contributed by atoms with van der Waals surface area (Å²) in [7, 11) is 0. The maximum atomic E-state index is 11.9. The fourth-order valence-corrected chi connectivity index (χ4v) is 2.03. The van der Waals surface area contributed by atoms with Crippen molar-refractivity contribution >= 4 is 40.0 Å². The highest BCUT2D eigenvalue weighted by atomic mass is 127. The molecule has 2 N–H and O–H groups in total. The van der Waals surface area contributed by atoms with Gasteiger partial charge in [0.1, 0.15) is 0 Å². The van der Waals surface area contributed by atoms with Gasteiger partial charge < -0.3 is 15.4 Å². The molecule has 7 heteroatoms. The number of amides is 1. The number of benzene rings is 1. The van der Waals surface area contributed by atoms with Crippen LogP contribution in [0.4, 0.5) is 11.5 Å². The van der Waals surface area contributed by atoms with Gasteiger partial charge in [-0.05, 0) is 58.2 Å². The molecule has 98 valence electrons. The van der Waals surface area contributed by atoms with Crippen LogP contribution in [0.3, 0.4) is 0 Å². The Morgan fingerprint density at radius 1 is 1.37 bits per heavy atom. The second-order valence-electron chi connectivity index (χ2n) is 3.93. The van der Waals surface area contributed by atoms with Gasteiger partial charge in [0.25, 0.3) is 5.91 Å². The third-order valence-corrected chi connectivity index (χ3v) is 3.23. The number of aromatic nitrogens is 1. The number of nitro groups is 1. The summed E-state index contributed by atoms with van der Waals surface area (Å²) in [5.41, 5.74) is 1.77. The molecule has 0 saturated heterocycles. The zero-order chi connectivity index (χ0) is 14.0. The van der Waals surface area contributed by atoms with Crippen molar-refractivity contribution in [2.45, 2.75) is 6.92 Å². The van der Waals surface area contributed by atoms with E-state index >= 15 is 0 Å². The molecule has 6 nitrogen and oxygen atoms in total. The Kier molecular flexibility index (Phi) is 3.84. The predicted octanol–water partition coefficient (Wildman–Crippen LogP) is 3.09. The Labute approximate surface area is 122 Å². The fourth-order valence-electron chi connectivity index (χ4n) is 1.54. The maximum absolute atomic E-state index is 11.9. The number of H-pyrrole nitrogens is 1. The van der Waals surface area contributed by atoms with Crippen LogP contribution >= 0.6 is 22.6 Å². The molecule has 19 heavy (non-hydrogen) atoms. The van der Waals surface area contributed by atoms with Crippen molar-refractivity contribution in [3.63, 3.8) is 0 Å². The maximum Gasteiger partial charge on any atom is 0.321 e. The van der Waals surface area contributed by atoms with Crippen molar-refractivity contribution in [2.75, 3.05) is 5.32 Å². The van der Waals surface area contributed by atoms with E-state index in [1.54, 1.807) is 0 Å². The van der Waals surface area contributed by atoms with Crippen molar-refractivity contribution in [1.82, 2.24) is 4.98 Å². The van der Waals surface area contributed by atoms with Crippen LogP contribution in [0.5, 0.6) is 0 Å². The monoisotopic (exact) mass is 371 g/mol. The minimum atomic E-state index is -0.576. The highest BCUT2D eigenvalue weighted by Gasteiger charge is 2.16. The first-order valence-electron chi connectivity index (χ1n) is 5.38. The number of hydrogen-bond acceptors (Lipinski definition) is 3. The Morgan fingerprint density at radius 2 is 2.11 bits per heavy atom. The molecule has 0 unspecified atom stereocenters. The van der Waals surface area contributed by atoms with E-state index in [0.29, 0.717) is 5.69 Å². The minimum Gasteiger partial charge on any atom is -0.358 e. The number of nitrogens with zero attached hydrogens (tertiary/aromatic N) is 1. The topological polar surface area (TPSA) is 88.0 Å². The second kappa shape index (κ2) is 5.39. The molecule has 2 aromatic rings. The molecule has 0 aliphatic carbocycles. The fraction of sp³-hybridized carbons (Fsp3) is 0.0833. The molecule has 2 rings (SSSR count). The number of halogens is 1. The molecular weight excluding hydrogens is 361 g/mol. The van der Waals surface area contributed by atoms with Crippen LogP contribution in [0.25, 0.3) is 0 Å². The van der Waals surface area contributed by atoms with Crippen molar-refractivity contribution in [2.24, 2.45) is 0 Å². The van der Waals surface area contributed by atoms with Crippen molar-refractivity contribution in [1.29, 1.82) is 0 Å². The number of hydrogen-bond donors (Lipinski definition) is 2. The Balaban J connectivity index is 2.20. The lowest BCUT2D eigenvalue weighted by atomic mass is 10.2. The predicted molar refractivity (Wildman–Crippen MR) is 79.3 cm³/mol. The van der Waals surface area contributed by atoms with Gasteiger partial charge in [-0.3, -0.25) is 4.79 Å². The van der Waals surface area contributed by atoms with Gasteiger partial charge >= 0.3 is 5.82 Å². The van der Waals surface area contributed by atoms with Crippen LogP contribution in [0.15, 0.2) is 30.3 Å². The summed E-state index contributed by atoms with van der Waals surface area (Å²) < 4.78 is 0.996. The molecule has 0 bridgehead atoms. The molecular formula is C12H10IN3O3. The number of anilines is 1. The van der Waals surface area contributed by atoms with Crippen LogP contribution < -0.4 is 5.32 Å². The number of carbonyl (C=O) groups excluding carboxylic acids is 1. The molecule has 0 aliphatic rings. The molecule has 0 spiro atoms. The molecule has 1 amide bonds. The Bertz CT molecular complexity index is 651.